The molecule has 1 aliphatic rings. The van der Waals surface area contributed by atoms with Crippen LogP contribution >= 0.6 is 11.6 Å². The largest absolute Gasteiger partial charge is 0.489 e. The molecule has 120 valence electrons. The Morgan fingerprint density at radius 1 is 1.04 bits per heavy atom. The second kappa shape index (κ2) is 6.62. The van der Waals surface area contributed by atoms with Crippen LogP contribution in [0.5, 0.6) is 11.5 Å². The van der Waals surface area contributed by atoms with Crippen LogP contribution < -0.4 is 20.3 Å². The number of halogens is 1. The maximum absolute atomic E-state index is 12.1. The molecule has 0 aliphatic carbocycles. The van der Waals surface area contributed by atoms with Gasteiger partial charge in [-0.2, -0.15) is 0 Å². The topological polar surface area (TPSA) is 89.8 Å². The highest BCUT2D eigenvalue weighted by atomic mass is 35.5. The van der Waals surface area contributed by atoms with Crippen LogP contribution in [0.2, 0.25) is 5.02 Å². The molecule has 1 aliphatic heterocycles. The van der Waals surface area contributed by atoms with Crippen LogP contribution in [0.1, 0.15) is 27.1 Å². The molecule has 2 N–H and O–H groups in total. The highest BCUT2D eigenvalue weighted by molar-refractivity contribution is 6.32. The molecule has 2 aromatic rings. The van der Waals surface area contributed by atoms with E-state index in [0.29, 0.717) is 30.3 Å². The monoisotopic (exact) mass is 336 g/mol. The molecule has 0 unspecified atom stereocenters. The Hall–Kier alpha value is -2.67. The Balaban J connectivity index is 1.71. The summed E-state index contributed by atoms with van der Waals surface area (Å²) < 4.78 is 15.8. The number of hydrazine groups is 1. The van der Waals surface area contributed by atoms with Crippen molar-refractivity contribution in [2.45, 2.75) is 6.42 Å². The smallest absolute Gasteiger partial charge is 0.272 e. The van der Waals surface area contributed by atoms with Gasteiger partial charge in [0, 0.05) is 12.0 Å². The highest BCUT2D eigenvalue weighted by Gasteiger charge is 2.19. The Morgan fingerprint density at radius 3 is 2.52 bits per heavy atom. The Kier molecular flexibility index (Phi) is 4.38. The molecule has 0 radical (unpaired) electrons. The van der Waals surface area contributed by atoms with E-state index in [2.05, 4.69) is 10.9 Å². The molecule has 1 aromatic heterocycles. The fraction of sp³-hybridized carbons (Fsp3) is 0.200. The molecular weight excluding hydrogens is 324 g/mol. The van der Waals surface area contributed by atoms with Crippen molar-refractivity contribution in [2.24, 2.45) is 0 Å². The molecular formula is C15H13ClN2O5. The number of furan rings is 1. The number of rotatable bonds is 2. The number of ether oxygens (including phenoxy) is 2. The van der Waals surface area contributed by atoms with Gasteiger partial charge in [-0.05, 0) is 18.2 Å². The summed E-state index contributed by atoms with van der Waals surface area (Å²) >= 11 is 6.12. The minimum atomic E-state index is -0.528. The molecule has 2 amide bonds. The summed E-state index contributed by atoms with van der Waals surface area (Å²) in [7, 11) is 0. The van der Waals surface area contributed by atoms with Gasteiger partial charge in [-0.25, -0.2) is 0 Å². The molecule has 0 saturated heterocycles. The zero-order valence-electron chi connectivity index (χ0n) is 11.9. The Bertz CT molecular complexity index is 730. The molecule has 8 heteroatoms. The van der Waals surface area contributed by atoms with E-state index in [1.165, 1.54) is 30.7 Å². The lowest BCUT2D eigenvalue weighted by Gasteiger charge is -2.12. The SMILES string of the molecule is O=C(NNC(=O)c1cc(Cl)c2c(c1)OCCCO2)c1ccoc1. The quantitative estimate of drug-likeness (QED) is 0.820. The molecule has 1 aromatic carbocycles. The first-order valence-electron chi connectivity index (χ1n) is 6.87. The zero-order chi connectivity index (χ0) is 16.2. The van der Waals surface area contributed by atoms with Crippen molar-refractivity contribution in [3.05, 3.63) is 46.9 Å². The minimum Gasteiger partial charge on any atom is -0.489 e. The standard InChI is InChI=1S/C15H13ClN2O5/c16-11-6-10(7-12-13(11)23-4-1-3-22-12)15(20)18-17-14(19)9-2-5-21-8-9/h2,5-8H,1,3-4H2,(H,17,19)(H,18,20). The number of amides is 2. The van der Waals surface area contributed by atoms with Crippen LogP contribution in [-0.4, -0.2) is 25.0 Å². The molecule has 23 heavy (non-hydrogen) atoms. The number of carbonyl (C=O) groups is 2. The van der Waals surface area contributed by atoms with Crippen molar-refractivity contribution in [3.63, 3.8) is 0 Å². The third-order valence-electron chi connectivity index (χ3n) is 3.14. The first-order valence-corrected chi connectivity index (χ1v) is 7.25. The summed E-state index contributed by atoms with van der Waals surface area (Å²) in [5.74, 6) is -0.198. The van der Waals surface area contributed by atoms with Gasteiger partial charge < -0.3 is 13.9 Å². The molecule has 2 heterocycles. The second-order valence-corrected chi connectivity index (χ2v) is 5.16. The number of benzene rings is 1. The van der Waals surface area contributed by atoms with Crippen molar-refractivity contribution in [1.29, 1.82) is 0 Å². The van der Waals surface area contributed by atoms with E-state index in [1.54, 1.807) is 0 Å². The van der Waals surface area contributed by atoms with Gasteiger partial charge in [0.25, 0.3) is 11.8 Å². The lowest BCUT2D eigenvalue weighted by Crippen LogP contribution is -2.41. The third kappa shape index (κ3) is 3.40. The fourth-order valence-electron chi connectivity index (χ4n) is 2.01. The van der Waals surface area contributed by atoms with Gasteiger partial charge in [0.2, 0.25) is 0 Å². The van der Waals surface area contributed by atoms with Crippen molar-refractivity contribution in [3.8, 4) is 11.5 Å². The van der Waals surface area contributed by atoms with E-state index in [9.17, 15) is 9.59 Å². The lowest BCUT2D eigenvalue weighted by atomic mass is 10.2. The lowest BCUT2D eigenvalue weighted by molar-refractivity contribution is 0.0846. The van der Waals surface area contributed by atoms with E-state index in [0.717, 1.165) is 6.42 Å². The Morgan fingerprint density at radius 2 is 1.78 bits per heavy atom. The molecule has 0 saturated carbocycles. The average Bonchev–Trinajstić information content (AvgIpc) is 2.98. The minimum absolute atomic E-state index is 0.242. The first-order chi connectivity index (χ1) is 11.1. The zero-order valence-corrected chi connectivity index (χ0v) is 12.7. The molecule has 0 atom stereocenters. The number of fused-ring (bicyclic) bond motifs is 1. The van der Waals surface area contributed by atoms with Crippen molar-refractivity contribution < 1.29 is 23.5 Å². The van der Waals surface area contributed by atoms with Gasteiger partial charge in [0.1, 0.15) is 6.26 Å². The van der Waals surface area contributed by atoms with E-state index in [1.807, 2.05) is 0 Å². The van der Waals surface area contributed by atoms with E-state index in [-0.39, 0.29) is 10.6 Å². The second-order valence-electron chi connectivity index (χ2n) is 4.76. The molecule has 0 spiro atoms. The summed E-state index contributed by atoms with van der Waals surface area (Å²) in [4.78, 5) is 23.9. The molecule has 3 rings (SSSR count). The number of hydrogen-bond acceptors (Lipinski definition) is 5. The third-order valence-corrected chi connectivity index (χ3v) is 3.42. The van der Waals surface area contributed by atoms with Gasteiger partial charge in [0.05, 0.1) is 30.1 Å². The van der Waals surface area contributed by atoms with E-state index >= 15 is 0 Å². The molecule has 0 bridgehead atoms. The maximum Gasteiger partial charge on any atom is 0.272 e. The fourth-order valence-corrected chi connectivity index (χ4v) is 2.28. The number of carbonyl (C=O) groups excluding carboxylic acids is 2. The van der Waals surface area contributed by atoms with Gasteiger partial charge in [0.15, 0.2) is 11.5 Å². The van der Waals surface area contributed by atoms with E-state index < -0.39 is 11.8 Å². The first kappa shape index (κ1) is 15.2. The summed E-state index contributed by atoms with van der Waals surface area (Å²) in [6.07, 6.45) is 3.36. The van der Waals surface area contributed by atoms with Crippen LogP contribution in [0.25, 0.3) is 0 Å². The van der Waals surface area contributed by atoms with Crippen LogP contribution in [0.15, 0.2) is 35.1 Å². The Labute approximate surface area is 136 Å². The van der Waals surface area contributed by atoms with E-state index in [4.69, 9.17) is 25.5 Å². The normalized spacial score (nSPS) is 13.1. The summed E-state index contributed by atoms with van der Waals surface area (Å²) in [6.45, 7) is 0.977. The average molecular weight is 337 g/mol. The summed E-state index contributed by atoms with van der Waals surface area (Å²) in [5.41, 5.74) is 5.12. The van der Waals surface area contributed by atoms with Crippen LogP contribution in [0.4, 0.5) is 0 Å². The predicted octanol–water partition coefficient (Wildman–Crippen LogP) is 2.17. The van der Waals surface area contributed by atoms with Gasteiger partial charge >= 0.3 is 0 Å². The van der Waals surface area contributed by atoms with Crippen LogP contribution in [-0.2, 0) is 0 Å². The van der Waals surface area contributed by atoms with Crippen molar-refractivity contribution in [1.82, 2.24) is 10.9 Å². The van der Waals surface area contributed by atoms with Crippen LogP contribution in [0.3, 0.4) is 0 Å². The number of nitrogens with one attached hydrogen (secondary N) is 2. The van der Waals surface area contributed by atoms with Gasteiger partial charge in [-0.15, -0.1) is 0 Å². The summed E-state index contributed by atoms with van der Waals surface area (Å²) in [5, 5.41) is 0.274. The number of hydrogen-bond donors (Lipinski definition) is 2. The summed E-state index contributed by atoms with van der Waals surface area (Å²) in [6, 6.07) is 4.45. The van der Waals surface area contributed by atoms with Crippen LogP contribution in [0, 0.1) is 0 Å². The van der Waals surface area contributed by atoms with Crippen molar-refractivity contribution in [2.75, 3.05) is 13.2 Å². The molecule has 7 nitrogen and oxygen atoms in total. The van der Waals surface area contributed by atoms with Crippen molar-refractivity contribution >= 4 is 23.4 Å². The predicted molar refractivity (Wildman–Crippen MR) is 80.7 cm³/mol. The highest BCUT2D eigenvalue weighted by Crippen LogP contribution is 2.37. The van der Waals surface area contributed by atoms with Gasteiger partial charge in [-0.3, -0.25) is 20.4 Å². The maximum atomic E-state index is 12.1. The van der Waals surface area contributed by atoms with Gasteiger partial charge in [-0.1, -0.05) is 11.6 Å². The molecule has 0 fully saturated rings.